The first-order valence-electron chi connectivity index (χ1n) is 5.78. The molecule has 1 rings (SSSR count). The third-order valence-corrected chi connectivity index (χ3v) is 3.64. The van der Waals surface area contributed by atoms with E-state index in [9.17, 15) is 13.2 Å². The maximum Gasteiger partial charge on any atom is 0.265 e. The second-order valence-corrected chi connectivity index (χ2v) is 6.71. The molecule has 0 spiro atoms. The van der Waals surface area contributed by atoms with Gasteiger partial charge >= 0.3 is 0 Å². The highest BCUT2D eigenvalue weighted by atomic mass is 35.7. The zero-order valence-electron chi connectivity index (χ0n) is 10.9. The Balaban J connectivity index is 3.15. The van der Waals surface area contributed by atoms with E-state index in [1.165, 1.54) is 12.1 Å². The van der Waals surface area contributed by atoms with Crippen LogP contribution in [0.5, 0.6) is 5.75 Å². The summed E-state index contributed by atoms with van der Waals surface area (Å²) >= 11 is 0. The number of halogens is 1. The highest BCUT2D eigenvalue weighted by molar-refractivity contribution is 8.13. The lowest BCUT2D eigenvalue weighted by atomic mass is 10.2. The summed E-state index contributed by atoms with van der Waals surface area (Å²) in [5, 5.41) is 2.61. The molecular formula is C12H16ClNO4S. The molecule has 106 valence electrons. The summed E-state index contributed by atoms with van der Waals surface area (Å²) in [7, 11) is 1.41. The van der Waals surface area contributed by atoms with Crippen molar-refractivity contribution in [2.45, 2.75) is 25.7 Å². The van der Waals surface area contributed by atoms with Crippen LogP contribution in [0, 0.1) is 5.92 Å². The van der Waals surface area contributed by atoms with Crippen molar-refractivity contribution in [3.63, 3.8) is 0 Å². The predicted molar refractivity (Wildman–Crippen MR) is 74.1 cm³/mol. The number of carbonyl (C=O) groups excluding carboxylic acids is 1. The lowest BCUT2D eigenvalue weighted by Gasteiger charge is -2.12. The van der Waals surface area contributed by atoms with Crippen LogP contribution in [0.4, 0.5) is 5.69 Å². The summed E-state index contributed by atoms with van der Waals surface area (Å²) in [6.45, 7) is 5.53. The van der Waals surface area contributed by atoms with Crippen molar-refractivity contribution in [2.75, 3.05) is 11.9 Å². The Kier molecular flexibility index (Phi) is 5.20. The molecule has 0 radical (unpaired) electrons. The van der Waals surface area contributed by atoms with E-state index in [4.69, 9.17) is 15.4 Å². The minimum atomic E-state index is -3.94. The molecule has 19 heavy (non-hydrogen) atoms. The largest absolute Gasteiger partial charge is 0.492 e. The first-order valence-corrected chi connectivity index (χ1v) is 8.09. The summed E-state index contributed by atoms with van der Waals surface area (Å²) in [5.41, 5.74) is 0.362. The molecule has 0 unspecified atom stereocenters. The van der Waals surface area contributed by atoms with Crippen LogP contribution in [-0.2, 0) is 13.8 Å². The van der Waals surface area contributed by atoms with Crippen LogP contribution >= 0.6 is 10.7 Å². The Morgan fingerprint density at radius 3 is 2.53 bits per heavy atom. The Morgan fingerprint density at radius 2 is 2.05 bits per heavy atom. The number of carbonyl (C=O) groups is 1. The average molecular weight is 306 g/mol. The maximum atomic E-state index is 11.6. The van der Waals surface area contributed by atoms with Gasteiger partial charge in [0.1, 0.15) is 10.6 Å². The molecule has 0 atom stereocenters. The van der Waals surface area contributed by atoms with Gasteiger partial charge in [0.2, 0.25) is 5.91 Å². The number of hydrogen-bond donors (Lipinski definition) is 1. The van der Waals surface area contributed by atoms with Crippen molar-refractivity contribution in [1.82, 2.24) is 0 Å². The molecule has 1 N–H and O–H groups in total. The first kappa shape index (κ1) is 15.8. The molecule has 1 aromatic carbocycles. The average Bonchev–Trinajstić information content (AvgIpc) is 2.29. The number of ether oxygens (including phenoxy) is 1. The quantitative estimate of drug-likeness (QED) is 0.849. The van der Waals surface area contributed by atoms with E-state index in [1.807, 2.05) is 0 Å². The van der Waals surface area contributed by atoms with Crippen molar-refractivity contribution in [3.8, 4) is 5.75 Å². The Morgan fingerprint density at radius 1 is 1.42 bits per heavy atom. The normalized spacial score (nSPS) is 11.4. The van der Waals surface area contributed by atoms with E-state index in [0.717, 1.165) is 0 Å². The molecule has 0 bridgehead atoms. The monoisotopic (exact) mass is 305 g/mol. The summed E-state index contributed by atoms with van der Waals surface area (Å²) < 4.78 is 28.1. The van der Waals surface area contributed by atoms with E-state index < -0.39 is 9.05 Å². The van der Waals surface area contributed by atoms with Gasteiger partial charge in [0.05, 0.1) is 6.61 Å². The molecule has 0 aromatic heterocycles. The molecular weight excluding hydrogens is 290 g/mol. The zero-order chi connectivity index (χ0) is 14.6. The van der Waals surface area contributed by atoms with E-state index in [-0.39, 0.29) is 22.5 Å². The number of amides is 1. The second-order valence-electron chi connectivity index (χ2n) is 4.18. The lowest BCUT2D eigenvalue weighted by molar-refractivity contribution is -0.118. The van der Waals surface area contributed by atoms with Gasteiger partial charge in [-0.1, -0.05) is 13.8 Å². The molecule has 0 saturated heterocycles. The molecule has 0 aliphatic carbocycles. The fourth-order valence-electron chi connectivity index (χ4n) is 1.34. The van der Waals surface area contributed by atoms with Crippen LogP contribution in [0.3, 0.4) is 0 Å². The van der Waals surface area contributed by atoms with Gasteiger partial charge in [-0.3, -0.25) is 4.79 Å². The minimum absolute atomic E-state index is 0.155. The van der Waals surface area contributed by atoms with Crippen molar-refractivity contribution in [3.05, 3.63) is 18.2 Å². The minimum Gasteiger partial charge on any atom is -0.492 e. The maximum absolute atomic E-state index is 11.6. The van der Waals surface area contributed by atoms with Crippen LogP contribution in [0.15, 0.2) is 23.1 Å². The van der Waals surface area contributed by atoms with Crippen molar-refractivity contribution in [2.24, 2.45) is 5.92 Å². The highest BCUT2D eigenvalue weighted by Crippen LogP contribution is 2.30. The summed E-state index contributed by atoms with van der Waals surface area (Å²) in [4.78, 5) is 11.4. The molecule has 1 aromatic rings. The van der Waals surface area contributed by atoms with Crippen molar-refractivity contribution in [1.29, 1.82) is 0 Å². The van der Waals surface area contributed by atoms with Crippen molar-refractivity contribution >= 4 is 31.3 Å². The smallest absolute Gasteiger partial charge is 0.265 e. The zero-order valence-corrected chi connectivity index (χ0v) is 12.5. The van der Waals surface area contributed by atoms with Gasteiger partial charge < -0.3 is 10.1 Å². The van der Waals surface area contributed by atoms with Crippen LogP contribution < -0.4 is 10.1 Å². The number of anilines is 1. The molecule has 7 heteroatoms. The van der Waals surface area contributed by atoms with Gasteiger partial charge in [-0.05, 0) is 25.1 Å². The predicted octanol–water partition coefficient (Wildman–Crippen LogP) is 2.61. The molecule has 0 aliphatic rings. The summed E-state index contributed by atoms with van der Waals surface area (Å²) in [6, 6.07) is 4.32. The van der Waals surface area contributed by atoms with Crippen LogP contribution in [-0.4, -0.2) is 20.9 Å². The number of rotatable bonds is 5. The number of benzene rings is 1. The molecule has 5 nitrogen and oxygen atoms in total. The Hall–Kier alpha value is -1.27. The van der Waals surface area contributed by atoms with E-state index in [1.54, 1.807) is 26.8 Å². The summed E-state index contributed by atoms with van der Waals surface area (Å²) in [6.07, 6.45) is 0. The summed E-state index contributed by atoms with van der Waals surface area (Å²) in [5.74, 6) is -0.246. The van der Waals surface area contributed by atoms with Crippen LogP contribution in [0.2, 0.25) is 0 Å². The third-order valence-electron chi connectivity index (χ3n) is 2.30. The van der Waals surface area contributed by atoms with E-state index in [0.29, 0.717) is 12.3 Å². The van der Waals surface area contributed by atoms with Crippen LogP contribution in [0.25, 0.3) is 0 Å². The Bertz CT molecular complexity index is 569. The second kappa shape index (κ2) is 6.25. The molecule has 0 saturated carbocycles. The number of hydrogen-bond acceptors (Lipinski definition) is 4. The van der Waals surface area contributed by atoms with Crippen LogP contribution in [0.1, 0.15) is 20.8 Å². The SMILES string of the molecule is CCOc1ccc(NC(=O)C(C)C)cc1S(=O)(=O)Cl. The van der Waals surface area contributed by atoms with Gasteiger partial charge in [0.25, 0.3) is 9.05 Å². The molecule has 1 amide bonds. The van der Waals surface area contributed by atoms with Gasteiger partial charge in [0, 0.05) is 22.3 Å². The Labute approximate surface area is 117 Å². The molecule has 0 heterocycles. The topological polar surface area (TPSA) is 72.5 Å². The molecule has 0 fully saturated rings. The first-order chi connectivity index (χ1) is 8.75. The number of nitrogens with one attached hydrogen (secondary N) is 1. The fourth-order valence-corrected chi connectivity index (χ4v) is 2.33. The molecule has 0 aliphatic heterocycles. The van der Waals surface area contributed by atoms with Crippen molar-refractivity contribution < 1.29 is 17.9 Å². The lowest BCUT2D eigenvalue weighted by Crippen LogP contribution is -2.17. The third kappa shape index (κ3) is 4.40. The fraction of sp³-hybridized carbons (Fsp3) is 0.417. The van der Waals surface area contributed by atoms with E-state index >= 15 is 0 Å². The van der Waals surface area contributed by atoms with Gasteiger partial charge in [-0.25, -0.2) is 8.42 Å². The highest BCUT2D eigenvalue weighted by Gasteiger charge is 2.18. The van der Waals surface area contributed by atoms with E-state index in [2.05, 4.69) is 5.32 Å². The van der Waals surface area contributed by atoms with Gasteiger partial charge in [-0.2, -0.15) is 0 Å². The standard InChI is InChI=1S/C12H16ClNO4S/c1-4-18-10-6-5-9(14-12(15)8(2)3)7-11(10)19(13,16)17/h5-8H,4H2,1-3H3,(H,14,15). The van der Waals surface area contributed by atoms with Gasteiger partial charge in [0.15, 0.2) is 0 Å². The van der Waals surface area contributed by atoms with Gasteiger partial charge in [-0.15, -0.1) is 0 Å².